The molecule has 2 N–H and O–H groups in total. The molecule has 36 heavy (non-hydrogen) atoms. The zero-order chi connectivity index (χ0) is 25.6. The van der Waals surface area contributed by atoms with E-state index >= 15 is 0 Å². The maximum atomic E-state index is 13.8. The van der Waals surface area contributed by atoms with Crippen LogP contribution in [0.25, 0.3) is 16.0 Å². The Morgan fingerprint density at radius 3 is 2.50 bits per heavy atom. The Morgan fingerprint density at radius 1 is 1.06 bits per heavy atom. The molecule has 1 fully saturated rings. The molecule has 182 valence electrons. The summed E-state index contributed by atoms with van der Waals surface area (Å²) in [5.41, 5.74) is 0.667. The number of amides is 1. The van der Waals surface area contributed by atoms with Crippen LogP contribution in [-0.4, -0.2) is 33.5 Å². The summed E-state index contributed by atoms with van der Waals surface area (Å²) in [6.45, 7) is 1.98. The number of carbonyl (C=O) groups excluding carboxylic acids is 2. The zero-order valence-corrected chi connectivity index (χ0v) is 19.6. The number of nitrogens with zero attached hydrogens (tertiary/aromatic N) is 2. The van der Waals surface area contributed by atoms with Gasteiger partial charge in [0.2, 0.25) is 0 Å². The third-order valence-corrected chi connectivity index (χ3v) is 6.72. The summed E-state index contributed by atoms with van der Waals surface area (Å²) >= 11 is 1.01. The number of thiazole rings is 1. The van der Waals surface area contributed by atoms with E-state index in [1.54, 1.807) is 6.92 Å². The Balaban J connectivity index is 1.74. The lowest BCUT2D eigenvalue weighted by Crippen LogP contribution is -2.29. The van der Waals surface area contributed by atoms with Gasteiger partial charge in [0.05, 0.1) is 28.4 Å². The number of phenolic OH excluding ortho intramolecular Hbond substituents is 1. The van der Waals surface area contributed by atoms with Crippen LogP contribution in [0.1, 0.15) is 24.1 Å². The van der Waals surface area contributed by atoms with Crippen LogP contribution >= 0.6 is 11.3 Å². The van der Waals surface area contributed by atoms with Gasteiger partial charge >= 0.3 is 5.91 Å². The van der Waals surface area contributed by atoms with Gasteiger partial charge in [-0.2, -0.15) is 0 Å². The first-order valence-corrected chi connectivity index (χ1v) is 11.7. The van der Waals surface area contributed by atoms with Gasteiger partial charge in [-0.15, -0.1) is 0 Å². The van der Waals surface area contributed by atoms with Gasteiger partial charge in [0.1, 0.15) is 17.4 Å². The first-order chi connectivity index (χ1) is 17.3. The first-order valence-electron chi connectivity index (χ1n) is 10.9. The summed E-state index contributed by atoms with van der Waals surface area (Å²) in [5.74, 6) is -3.47. The number of aromatic hydroxyl groups is 1. The van der Waals surface area contributed by atoms with Crippen LogP contribution in [-0.2, 0) is 9.59 Å². The molecular weight excluding hydrogens is 490 g/mol. The number of phenols is 1. The Kier molecular flexibility index (Phi) is 5.89. The highest BCUT2D eigenvalue weighted by atomic mass is 32.1. The van der Waals surface area contributed by atoms with E-state index in [1.165, 1.54) is 48.5 Å². The van der Waals surface area contributed by atoms with Crippen LogP contribution in [0.4, 0.5) is 13.9 Å². The van der Waals surface area contributed by atoms with Crippen molar-refractivity contribution in [1.29, 1.82) is 0 Å². The fourth-order valence-corrected chi connectivity index (χ4v) is 5.09. The van der Waals surface area contributed by atoms with Crippen molar-refractivity contribution in [3.05, 3.63) is 89.0 Å². The van der Waals surface area contributed by atoms with Crippen LogP contribution in [0.3, 0.4) is 0 Å². The topological polar surface area (TPSA) is 100.0 Å². The van der Waals surface area contributed by atoms with Crippen molar-refractivity contribution < 1.29 is 33.3 Å². The molecule has 0 saturated carbocycles. The minimum Gasteiger partial charge on any atom is -0.507 e. The van der Waals surface area contributed by atoms with E-state index in [9.17, 15) is 28.6 Å². The van der Waals surface area contributed by atoms with Crippen LogP contribution in [0.15, 0.2) is 66.2 Å². The molecule has 5 rings (SSSR count). The second-order valence-electron chi connectivity index (χ2n) is 7.94. The van der Waals surface area contributed by atoms with E-state index < -0.39 is 35.1 Å². The lowest BCUT2D eigenvalue weighted by molar-refractivity contribution is -0.132. The maximum absolute atomic E-state index is 13.8. The highest BCUT2D eigenvalue weighted by Crippen LogP contribution is 2.45. The van der Waals surface area contributed by atoms with Crippen LogP contribution in [0.2, 0.25) is 0 Å². The normalized spacial score (nSPS) is 17.2. The number of halogens is 2. The lowest BCUT2D eigenvalue weighted by atomic mass is 9.95. The minimum absolute atomic E-state index is 0.117. The molecule has 7 nitrogen and oxygen atoms in total. The summed E-state index contributed by atoms with van der Waals surface area (Å²) in [7, 11) is 0. The van der Waals surface area contributed by atoms with E-state index in [1.807, 2.05) is 0 Å². The van der Waals surface area contributed by atoms with E-state index in [-0.39, 0.29) is 34.4 Å². The Labute approximate surface area is 207 Å². The van der Waals surface area contributed by atoms with Gasteiger partial charge in [0.15, 0.2) is 16.6 Å². The highest BCUT2D eigenvalue weighted by Gasteiger charge is 2.48. The quantitative estimate of drug-likeness (QED) is 0.216. The first kappa shape index (κ1) is 23.4. The number of carbonyl (C=O) groups is 2. The molecule has 1 unspecified atom stereocenters. The van der Waals surface area contributed by atoms with Crippen molar-refractivity contribution in [1.82, 2.24) is 4.98 Å². The summed E-state index contributed by atoms with van der Waals surface area (Å²) < 4.78 is 33.2. The average molecular weight is 509 g/mol. The van der Waals surface area contributed by atoms with Gasteiger partial charge < -0.3 is 14.9 Å². The van der Waals surface area contributed by atoms with Gasteiger partial charge in [-0.1, -0.05) is 17.4 Å². The zero-order valence-electron chi connectivity index (χ0n) is 18.7. The number of Topliss-reactive ketones (excluding diaryl/α,β-unsaturated/α-hetero) is 1. The molecule has 10 heteroatoms. The van der Waals surface area contributed by atoms with E-state index in [2.05, 4.69) is 4.98 Å². The number of rotatable bonds is 5. The van der Waals surface area contributed by atoms with Crippen molar-refractivity contribution in [3.8, 4) is 11.5 Å². The minimum atomic E-state index is -1.15. The highest BCUT2D eigenvalue weighted by molar-refractivity contribution is 7.22. The van der Waals surface area contributed by atoms with Crippen molar-refractivity contribution in [3.63, 3.8) is 0 Å². The molecule has 0 aliphatic carbocycles. The molecule has 1 aliphatic rings. The molecule has 3 aromatic carbocycles. The molecule has 0 bridgehead atoms. The number of hydrogen-bond acceptors (Lipinski definition) is 7. The Bertz CT molecular complexity index is 1550. The number of ketones is 1. The number of fused-ring (bicyclic) bond motifs is 1. The van der Waals surface area contributed by atoms with E-state index in [0.717, 1.165) is 28.4 Å². The molecule has 1 aromatic heterocycles. The van der Waals surface area contributed by atoms with Crippen molar-refractivity contribution in [2.75, 3.05) is 11.5 Å². The van der Waals surface area contributed by atoms with E-state index in [0.29, 0.717) is 15.8 Å². The second kappa shape index (κ2) is 9.04. The molecule has 2 heterocycles. The smallest absolute Gasteiger partial charge is 0.301 e. The summed E-state index contributed by atoms with van der Waals surface area (Å²) in [6.07, 6.45) is 0. The molecule has 1 atom stereocenters. The standard InChI is InChI=1S/C26H18F2N2O5S/c1-2-35-19-11-14(5-10-18(19)31)22-21(23(32)13-3-6-15(27)7-4-13)24(33)25(34)30(22)26-29-17-9-8-16(28)12-20(17)36-26/h3-12,22,31-32H,2H2,1H3/b23-21+. The predicted molar refractivity (Wildman–Crippen MR) is 130 cm³/mol. The molecule has 1 aliphatic heterocycles. The number of aliphatic hydroxyl groups is 1. The SMILES string of the molecule is CCOc1cc(C2/C(=C(\O)c3ccc(F)cc3)C(=O)C(=O)N2c2nc3ccc(F)cc3s2)ccc1O. The fraction of sp³-hybridized carbons (Fsp3) is 0.115. The van der Waals surface area contributed by atoms with Crippen LogP contribution in [0.5, 0.6) is 11.5 Å². The van der Waals surface area contributed by atoms with E-state index in [4.69, 9.17) is 4.74 Å². The monoisotopic (exact) mass is 508 g/mol. The Morgan fingerprint density at radius 2 is 1.78 bits per heavy atom. The predicted octanol–water partition coefficient (Wildman–Crippen LogP) is 5.31. The molecule has 1 saturated heterocycles. The largest absolute Gasteiger partial charge is 0.507 e. The molecular formula is C26H18F2N2O5S. The average Bonchev–Trinajstić information content (AvgIpc) is 3.38. The van der Waals surface area contributed by atoms with Gasteiger partial charge in [0.25, 0.3) is 5.78 Å². The van der Waals surface area contributed by atoms with Gasteiger partial charge in [-0.25, -0.2) is 13.8 Å². The van der Waals surface area contributed by atoms with Crippen LogP contribution < -0.4 is 9.64 Å². The maximum Gasteiger partial charge on any atom is 0.301 e. The molecule has 0 spiro atoms. The van der Waals surface area contributed by atoms with Crippen LogP contribution in [0, 0.1) is 11.6 Å². The van der Waals surface area contributed by atoms with Gasteiger partial charge in [0, 0.05) is 5.56 Å². The Hall–Kier alpha value is -4.31. The second-order valence-corrected chi connectivity index (χ2v) is 8.95. The lowest BCUT2D eigenvalue weighted by Gasteiger charge is -2.23. The van der Waals surface area contributed by atoms with Crippen molar-refractivity contribution in [2.24, 2.45) is 0 Å². The van der Waals surface area contributed by atoms with Crippen molar-refractivity contribution >= 4 is 44.1 Å². The summed E-state index contributed by atoms with van der Waals surface area (Å²) in [4.78, 5) is 32.1. The number of benzene rings is 3. The number of ether oxygens (including phenoxy) is 1. The summed E-state index contributed by atoms with van der Waals surface area (Å²) in [5, 5.41) is 21.4. The third kappa shape index (κ3) is 3.95. The number of hydrogen-bond donors (Lipinski definition) is 2. The number of anilines is 1. The number of aliphatic hydroxyl groups excluding tert-OH is 1. The van der Waals surface area contributed by atoms with Gasteiger partial charge in [-0.3, -0.25) is 14.5 Å². The van der Waals surface area contributed by atoms with Crippen molar-refractivity contribution in [2.45, 2.75) is 13.0 Å². The molecule has 1 amide bonds. The summed E-state index contributed by atoms with van der Waals surface area (Å²) in [6, 6.07) is 11.9. The molecule has 4 aromatic rings. The fourth-order valence-electron chi connectivity index (χ4n) is 4.07. The third-order valence-electron chi connectivity index (χ3n) is 5.71. The van der Waals surface area contributed by atoms with Gasteiger partial charge in [-0.05, 0) is 67.1 Å². The number of aromatic nitrogens is 1. The molecule has 0 radical (unpaired) electrons.